The third-order valence-corrected chi connectivity index (χ3v) is 4.92. The molecule has 0 saturated heterocycles. The van der Waals surface area contributed by atoms with Gasteiger partial charge in [0.1, 0.15) is 0 Å². The maximum Gasteiger partial charge on any atom is 0.274 e. The molecule has 0 aliphatic rings. The van der Waals surface area contributed by atoms with Crippen LogP contribution >= 0.6 is 11.6 Å². The fourth-order valence-corrected chi connectivity index (χ4v) is 3.48. The van der Waals surface area contributed by atoms with Crippen molar-refractivity contribution >= 4 is 33.2 Å². The average Bonchev–Trinajstić information content (AvgIpc) is 3.02. The van der Waals surface area contributed by atoms with Gasteiger partial charge in [0.2, 0.25) is 10.0 Å². The number of carbonyl (C=O) groups excluding carboxylic acids is 1. The molecule has 1 amide bonds. The minimum absolute atomic E-state index is 0.197. The van der Waals surface area contributed by atoms with Crippen molar-refractivity contribution in [3.05, 3.63) is 70.5 Å². The number of amides is 1. The molecule has 0 fully saturated rings. The van der Waals surface area contributed by atoms with Crippen molar-refractivity contribution in [3.63, 3.8) is 0 Å². The molecular weight excluding hydrogens is 414 g/mol. The van der Waals surface area contributed by atoms with E-state index in [0.717, 1.165) is 11.8 Å². The fourth-order valence-electron chi connectivity index (χ4n) is 2.74. The number of sulfonamides is 1. The van der Waals surface area contributed by atoms with Gasteiger partial charge in [0, 0.05) is 10.7 Å². The first-order chi connectivity index (χ1) is 13.6. The van der Waals surface area contributed by atoms with E-state index in [1.807, 2.05) is 0 Å². The third-order valence-electron chi connectivity index (χ3n) is 4.07. The highest BCUT2D eigenvalue weighted by atomic mass is 35.5. The van der Waals surface area contributed by atoms with Crippen LogP contribution in [0.15, 0.2) is 48.5 Å². The number of hydrogen-bond acceptors (Lipinski definition) is 5. The van der Waals surface area contributed by atoms with E-state index in [0.29, 0.717) is 22.1 Å². The van der Waals surface area contributed by atoms with E-state index >= 15 is 0 Å². The van der Waals surface area contributed by atoms with Crippen LogP contribution in [-0.4, -0.2) is 35.6 Å². The average molecular weight is 434 g/mol. The van der Waals surface area contributed by atoms with Crippen molar-refractivity contribution in [3.8, 4) is 5.69 Å². The zero-order valence-corrected chi connectivity index (χ0v) is 17.6. The van der Waals surface area contributed by atoms with E-state index in [1.165, 1.54) is 4.80 Å². The molecule has 8 nitrogen and oxygen atoms in total. The number of nitrogens with one attached hydrogen (secondary N) is 2. The van der Waals surface area contributed by atoms with Gasteiger partial charge in [-0.1, -0.05) is 29.8 Å². The lowest BCUT2D eigenvalue weighted by Crippen LogP contribution is -2.27. The van der Waals surface area contributed by atoms with Crippen LogP contribution in [0.3, 0.4) is 0 Å². The zero-order chi connectivity index (χ0) is 21.2. The normalized spacial score (nSPS) is 12.4. The predicted molar refractivity (Wildman–Crippen MR) is 112 cm³/mol. The second-order valence-electron chi connectivity index (χ2n) is 6.60. The first kappa shape index (κ1) is 20.8. The maximum atomic E-state index is 12.7. The Kier molecular flexibility index (Phi) is 5.90. The van der Waals surface area contributed by atoms with E-state index in [2.05, 4.69) is 20.2 Å². The third kappa shape index (κ3) is 5.33. The SMILES string of the molecule is Cc1nn(-c2cccc(Cl)c2)nc1C(=O)NC(C)c1cccc(NS(C)(=O)=O)c1. The minimum Gasteiger partial charge on any atom is -0.344 e. The van der Waals surface area contributed by atoms with Gasteiger partial charge in [0.15, 0.2) is 5.69 Å². The smallest absolute Gasteiger partial charge is 0.274 e. The van der Waals surface area contributed by atoms with Crippen molar-refractivity contribution in [2.75, 3.05) is 11.0 Å². The fraction of sp³-hybridized carbons (Fsp3) is 0.211. The monoisotopic (exact) mass is 433 g/mol. The molecule has 2 N–H and O–H groups in total. The number of aromatic nitrogens is 3. The Balaban J connectivity index is 1.78. The van der Waals surface area contributed by atoms with E-state index in [-0.39, 0.29) is 17.6 Å². The van der Waals surface area contributed by atoms with Crippen LogP contribution < -0.4 is 10.0 Å². The summed E-state index contributed by atoms with van der Waals surface area (Å²) in [4.78, 5) is 14.1. The van der Waals surface area contributed by atoms with E-state index < -0.39 is 10.0 Å². The van der Waals surface area contributed by atoms with Crippen LogP contribution in [0.2, 0.25) is 5.02 Å². The Hall–Kier alpha value is -2.91. The van der Waals surface area contributed by atoms with Crippen LogP contribution in [0.5, 0.6) is 0 Å². The van der Waals surface area contributed by atoms with Crippen LogP contribution in [-0.2, 0) is 10.0 Å². The van der Waals surface area contributed by atoms with Crippen LogP contribution in [0, 0.1) is 6.92 Å². The quantitative estimate of drug-likeness (QED) is 0.621. The van der Waals surface area contributed by atoms with Gasteiger partial charge >= 0.3 is 0 Å². The highest BCUT2D eigenvalue weighted by Gasteiger charge is 2.19. The molecule has 0 radical (unpaired) electrons. The summed E-state index contributed by atoms with van der Waals surface area (Å²) in [6, 6.07) is 13.4. The number of halogens is 1. The van der Waals surface area contributed by atoms with Gasteiger partial charge in [-0.25, -0.2) is 8.42 Å². The van der Waals surface area contributed by atoms with Crippen molar-refractivity contribution in [1.29, 1.82) is 0 Å². The highest BCUT2D eigenvalue weighted by Crippen LogP contribution is 2.19. The van der Waals surface area contributed by atoms with Crippen LogP contribution in [0.1, 0.15) is 34.7 Å². The lowest BCUT2D eigenvalue weighted by Gasteiger charge is -2.15. The molecular formula is C19H20ClN5O3S. The molecule has 1 heterocycles. The number of carbonyl (C=O) groups is 1. The summed E-state index contributed by atoms with van der Waals surface area (Å²) < 4.78 is 25.3. The van der Waals surface area contributed by atoms with E-state index in [4.69, 9.17) is 11.6 Å². The second kappa shape index (κ2) is 8.22. The molecule has 0 aliphatic carbocycles. The molecule has 2 aromatic carbocycles. The summed E-state index contributed by atoms with van der Waals surface area (Å²) in [7, 11) is -3.39. The summed E-state index contributed by atoms with van der Waals surface area (Å²) in [5.41, 5.74) is 2.48. The van der Waals surface area contributed by atoms with Crippen LogP contribution in [0.25, 0.3) is 5.69 Å². The second-order valence-corrected chi connectivity index (χ2v) is 8.78. The van der Waals surface area contributed by atoms with Gasteiger partial charge in [-0.2, -0.15) is 9.90 Å². The molecule has 3 aromatic rings. The van der Waals surface area contributed by atoms with Gasteiger partial charge in [-0.15, -0.1) is 5.10 Å². The number of rotatable bonds is 6. The molecule has 1 unspecified atom stereocenters. The standard InChI is InChI=1S/C19H20ClN5O3S/c1-12(14-6-4-8-16(10-14)24-29(3,27)28)21-19(26)18-13(2)22-25(23-18)17-9-5-7-15(20)11-17/h4-12,24H,1-3H3,(H,21,26). The minimum atomic E-state index is -3.39. The first-order valence-corrected chi connectivity index (χ1v) is 11.0. The predicted octanol–water partition coefficient (Wildman–Crippen LogP) is 3.09. The summed E-state index contributed by atoms with van der Waals surface area (Å²) in [6.45, 7) is 3.50. The van der Waals surface area contributed by atoms with Crippen LogP contribution in [0.4, 0.5) is 5.69 Å². The molecule has 10 heteroatoms. The van der Waals surface area contributed by atoms with E-state index in [1.54, 1.807) is 62.4 Å². The van der Waals surface area contributed by atoms with Gasteiger partial charge in [-0.05, 0) is 49.7 Å². The Bertz CT molecular complexity index is 1160. The highest BCUT2D eigenvalue weighted by molar-refractivity contribution is 7.92. The Morgan fingerprint density at radius 2 is 1.86 bits per heavy atom. The zero-order valence-electron chi connectivity index (χ0n) is 16.0. The lowest BCUT2D eigenvalue weighted by atomic mass is 10.1. The van der Waals surface area contributed by atoms with Crippen molar-refractivity contribution in [2.24, 2.45) is 0 Å². The number of benzene rings is 2. The van der Waals surface area contributed by atoms with E-state index in [9.17, 15) is 13.2 Å². The number of hydrogen-bond donors (Lipinski definition) is 2. The van der Waals surface area contributed by atoms with Crippen molar-refractivity contribution in [2.45, 2.75) is 19.9 Å². The molecule has 3 rings (SSSR count). The number of aryl methyl sites for hydroxylation is 1. The molecule has 0 spiro atoms. The number of nitrogens with zero attached hydrogens (tertiary/aromatic N) is 3. The molecule has 152 valence electrons. The topological polar surface area (TPSA) is 106 Å². The first-order valence-electron chi connectivity index (χ1n) is 8.71. The molecule has 0 aliphatic heterocycles. The van der Waals surface area contributed by atoms with Gasteiger partial charge in [-0.3, -0.25) is 9.52 Å². The molecule has 1 aromatic heterocycles. The molecule has 1 atom stereocenters. The Morgan fingerprint density at radius 3 is 2.55 bits per heavy atom. The summed E-state index contributed by atoms with van der Waals surface area (Å²) in [6.07, 6.45) is 1.08. The Labute approximate surface area is 173 Å². The van der Waals surface area contributed by atoms with Crippen molar-refractivity contribution < 1.29 is 13.2 Å². The maximum absolute atomic E-state index is 12.7. The molecule has 0 saturated carbocycles. The number of anilines is 1. The summed E-state index contributed by atoms with van der Waals surface area (Å²) >= 11 is 6.00. The molecule has 29 heavy (non-hydrogen) atoms. The Morgan fingerprint density at radius 1 is 1.14 bits per heavy atom. The van der Waals surface area contributed by atoms with Gasteiger partial charge < -0.3 is 5.32 Å². The molecule has 0 bridgehead atoms. The van der Waals surface area contributed by atoms with Gasteiger partial charge in [0.05, 0.1) is 23.7 Å². The van der Waals surface area contributed by atoms with Gasteiger partial charge in [0.25, 0.3) is 5.91 Å². The summed E-state index contributed by atoms with van der Waals surface area (Å²) in [5.74, 6) is -0.384. The van der Waals surface area contributed by atoms with Crippen molar-refractivity contribution in [1.82, 2.24) is 20.3 Å². The lowest BCUT2D eigenvalue weighted by molar-refractivity contribution is 0.0933. The largest absolute Gasteiger partial charge is 0.344 e. The summed E-state index contributed by atoms with van der Waals surface area (Å²) in [5, 5.41) is 12.0.